The van der Waals surface area contributed by atoms with E-state index in [2.05, 4.69) is 39.6 Å². The van der Waals surface area contributed by atoms with Crippen LogP contribution in [0.4, 0.5) is 11.5 Å². The van der Waals surface area contributed by atoms with E-state index in [0.29, 0.717) is 28.0 Å². The number of fused-ring (bicyclic) bond motifs is 1. The molecule has 2 amide bonds. The van der Waals surface area contributed by atoms with Gasteiger partial charge in [0.1, 0.15) is 17.0 Å². The van der Waals surface area contributed by atoms with E-state index >= 15 is 0 Å². The molecule has 4 rings (SSSR count). The van der Waals surface area contributed by atoms with Crippen LogP contribution in [0.5, 0.6) is 0 Å². The molecule has 8 nitrogen and oxygen atoms in total. The molecule has 0 unspecified atom stereocenters. The van der Waals surface area contributed by atoms with Crippen molar-refractivity contribution in [2.75, 3.05) is 24.7 Å². The monoisotopic (exact) mass is 455 g/mol. The lowest BCUT2D eigenvalue weighted by atomic mass is 9.85. The van der Waals surface area contributed by atoms with E-state index in [1.165, 1.54) is 6.20 Å². The first-order valence-electron chi connectivity index (χ1n) is 10.6. The summed E-state index contributed by atoms with van der Waals surface area (Å²) >= 11 is 5.86. The Kier molecular flexibility index (Phi) is 6.43. The highest BCUT2D eigenvalue weighted by atomic mass is 35.5. The summed E-state index contributed by atoms with van der Waals surface area (Å²) in [4.78, 5) is 36.9. The Balaban J connectivity index is 1.59. The molecule has 1 aliphatic carbocycles. The van der Waals surface area contributed by atoms with Crippen LogP contribution >= 0.6 is 11.6 Å². The predicted molar refractivity (Wildman–Crippen MR) is 124 cm³/mol. The number of carbonyl (C=O) groups excluding carboxylic acids is 2. The van der Waals surface area contributed by atoms with Crippen molar-refractivity contribution < 1.29 is 14.0 Å². The van der Waals surface area contributed by atoms with Gasteiger partial charge in [-0.2, -0.15) is 0 Å². The van der Waals surface area contributed by atoms with Gasteiger partial charge in [0.15, 0.2) is 5.58 Å². The Labute approximate surface area is 191 Å². The van der Waals surface area contributed by atoms with Crippen LogP contribution in [0.3, 0.4) is 0 Å². The molecule has 0 saturated heterocycles. The summed E-state index contributed by atoms with van der Waals surface area (Å²) in [5.74, 6) is -0.447. The number of nitrogens with zero attached hydrogens (tertiary/aromatic N) is 3. The van der Waals surface area contributed by atoms with Crippen molar-refractivity contribution in [3.05, 3.63) is 46.9 Å². The van der Waals surface area contributed by atoms with Gasteiger partial charge in [-0.1, -0.05) is 11.6 Å². The molecular formula is C23H26ClN5O3. The first-order chi connectivity index (χ1) is 15.3. The second kappa shape index (κ2) is 9.26. The summed E-state index contributed by atoms with van der Waals surface area (Å²) in [7, 11) is 4.13. The molecule has 0 aliphatic heterocycles. The number of halogens is 1. The Morgan fingerprint density at radius 2 is 1.84 bits per heavy atom. The average Bonchev–Trinajstić information content (AvgIpc) is 3.13. The lowest BCUT2D eigenvalue weighted by Crippen LogP contribution is -2.35. The van der Waals surface area contributed by atoms with Crippen LogP contribution in [0.1, 0.15) is 41.9 Å². The average molecular weight is 456 g/mol. The van der Waals surface area contributed by atoms with Gasteiger partial charge in [0, 0.05) is 23.9 Å². The predicted octanol–water partition coefficient (Wildman–Crippen LogP) is 4.50. The zero-order chi connectivity index (χ0) is 22.8. The second-order valence-corrected chi connectivity index (χ2v) is 8.82. The molecule has 0 spiro atoms. The normalized spacial score (nSPS) is 18.7. The highest BCUT2D eigenvalue weighted by Gasteiger charge is 2.30. The van der Waals surface area contributed by atoms with Crippen molar-refractivity contribution in [3.63, 3.8) is 0 Å². The molecule has 0 atom stereocenters. The van der Waals surface area contributed by atoms with Crippen LogP contribution in [-0.4, -0.2) is 46.8 Å². The van der Waals surface area contributed by atoms with E-state index in [9.17, 15) is 9.59 Å². The van der Waals surface area contributed by atoms with E-state index in [4.69, 9.17) is 16.0 Å². The van der Waals surface area contributed by atoms with Crippen LogP contribution in [0.2, 0.25) is 5.02 Å². The fourth-order valence-corrected chi connectivity index (χ4v) is 4.16. The Hall–Kier alpha value is -2.97. The Bertz CT molecular complexity index is 1130. The van der Waals surface area contributed by atoms with Gasteiger partial charge in [0.05, 0.1) is 5.02 Å². The minimum absolute atomic E-state index is 0.00909. The number of amides is 2. The highest BCUT2D eigenvalue weighted by Crippen LogP contribution is 2.33. The number of aromatic nitrogens is 2. The van der Waals surface area contributed by atoms with Crippen LogP contribution in [-0.2, 0) is 4.79 Å². The summed E-state index contributed by atoms with van der Waals surface area (Å²) in [6, 6.07) is 7.24. The Morgan fingerprint density at radius 3 is 2.50 bits per heavy atom. The van der Waals surface area contributed by atoms with E-state index in [1.54, 1.807) is 24.3 Å². The Morgan fingerprint density at radius 1 is 1.09 bits per heavy atom. The number of nitrogens with one attached hydrogen (secondary N) is 2. The van der Waals surface area contributed by atoms with E-state index in [0.717, 1.165) is 31.4 Å². The lowest BCUT2D eigenvalue weighted by molar-refractivity contribution is -0.121. The molecule has 0 radical (unpaired) electrons. The third kappa shape index (κ3) is 4.76. The minimum atomic E-state index is -0.526. The molecule has 1 aliphatic rings. The molecule has 0 bridgehead atoms. The second-order valence-electron chi connectivity index (χ2n) is 8.38. The van der Waals surface area contributed by atoms with Crippen molar-refractivity contribution >= 4 is 46.0 Å². The molecule has 0 aromatic carbocycles. The number of pyridine rings is 2. The number of carbonyl (C=O) groups is 2. The van der Waals surface area contributed by atoms with Gasteiger partial charge in [0.2, 0.25) is 11.7 Å². The molecule has 3 aromatic rings. The molecule has 32 heavy (non-hydrogen) atoms. The van der Waals surface area contributed by atoms with Crippen LogP contribution in [0.25, 0.3) is 11.1 Å². The maximum atomic E-state index is 13.1. The molecular weight excluding hydrogens is 430 g/mol. The van der Waals surface area contributed by atoms with Gasteiger partial charge in [-0.15, -0.1) is 0 Å². The largest absolute Gasteiger partial charge is 0.447 e. The molecule has 168 valence electrons. The maximum Gasteiger partial charge on any atom is 0.294 e. The lowest BCUT2D eigenvalue weighted by Gasteiger charge is -2.31. The number of aryl methyl sites for hydroxylation is 1. The third-order valence-corrected chi connectivity index (χ3v) is 6.12. The van der Waals surface area contributed by atoms with Gasteiger partial charge >= 0.3 is 0 Å². The smallest absolute Gasteiger partial charge is 0.294 e. The van der Waals surface area contributed by atoms with Gasteiger partial charge in [-0.05, 0) is 71.0 Å². The summed E-state index contributed by atoms with van der Waals surface area (Å²) < 4.78 is 5.80. The maximum absolute atomic E-state index is 13.1. The fourth-order valence-electron chi connectivity index (χ4n) is 4.05. The number of furan rings is 1. The van der Waals surface area contributed by atoms with E-state index < -0.39 is 5.91 Å². The third-order valence-electron chi connectivity index (χ3n) is 5.89. The number of hydrogen-bond donors (Lipinski definition) is 2. The molecule has 1 fully saturated rings. The topological polar surface area (TPSA) is 100 Å². The number of hydrogen-bond acceptors (Lipinski definition) is 6. The molecule has 3 heterocycles. The first kappa shape index (κ1) is 22.2. The summed E-state index contributed by atoms with van der Waals surface area (Å²) in [5.41, 5.74) is 1.92. The molecule has 1 saturated carbocycles. The number of anilines is 2. The quantitative estimate of drug-likeness (QED) is 0.587. The standard InChI is InChI=1S/C23H26ClN5O3/c1-13-4-10-17-19(26-13)20(28-22(30)14-5-8-16(9-6-14)29(2)3)21(32-17)23(31)27-18-11-7-15(24)12-25-18/h4,7,10-12,14,16H,5-6,8-9H2,1-3H3,(H,28,30)(H,25,27,31). The van der Waals surface area contributed by atoms with Crippen LogP contribution < -0.4 is 10.6 Å². The SMILES string of the molecule is Cc1ccc2oc(C(=O)Nc3ccc(Cl)cn3)c(NC(=O)C3CCC(N(C)C)CC3)c2n1. The van der Waals surface area contributed by atoms with Gasteiger partial charge in [0.25, 0.3) is 5.91 Å². The van der Waals surface area contributed by atoms with Gasteiger partial charge < -0.3 is 20.0 Å². The van der Waals surface area contributed by atoms with E-state index in [1.807, 2.05) is 6.92 Å². The summed E-state index contributed by atoms with van der Waals surface area (Å²) in [5, 5.41) is 6.09. The van der Waals surface area contributed by atoms with Crippen molar-refractivity contribution in [3.8, 4) is 0 Å². The summed E-state index contributed by atoms with van der Waals surface area (Å²) in [6.07, 6.45) is 4.96. The summed E-state index contributed by atoms with van der Waals surface area (Å²) in [6.45, 7) is 1.85. The zero-order valence-electron chi connectivity index (χ0n) is 18.3. The molecule has 2 N–H and O–H groups in total. The van der Waals surface area contributed by atoms with Crippen LogP contribution in [0, 0.1) is 12.8 Å². The zero-order valence-corrected chi connectivity index (χ0v) is 19.1. The fraction of sp³-hybridized carbons (Fsp3) is 0.391. The minimum Gasteiger partial charge on any atom is -0.447 e. The molecule has 3 aromatic heterocycles. The molecule has 9 heteroatoms. The first-order valence-corrected chi connectivity index (χ1v) is 11.0. The van der Waals surface area contributed by atoms with Gasteiger partial charge in [-0.25, -0.2) is 9.97 Å². The van der Waals surface area contributed by atoms with Crippen molar-refractivity contribution in [2.45, 2.75) is 38.6 Å². The van der Waals surface area contributed by atoms with Crippen molar-refractivity contribution in [2.24, 2.45) is 5.92 Å². The highest BCUT2D eigenvalue weighted by molar-refractivity contribution is 6.30. The van der Waals surface area contributed by atoms with E-state index in [-0.39, 0.29) is 23.3 Å². The number of rotatable bonds is 5. The van der Waals surface area contributed by atoms with Crippen molar-refractivity contribution in [1.29, 1.82) is 0 Å². The van der Waals surface area contributed by atoms with Gasteiger partial charge in [-0.3, -0.25) is 9.59 Å². The van der Waals surface area contributed by atoms with Crippen molar-refractivity contribution in [1.82, 2.24) is 14.9 Å². The van der Waals surface area contributed by atoms with Crippen LogP contribution in [0.15, 0.2) is 34.9 Å².